The number of rotatable bonds is 1. The van der Waals surface area contributed by atoms with E-state index in [4.69, 9.17) is 11.6 Å². The summed E-state index contributed by atoms with van der Waals surface area (Å²) in [5.74, 6) is 3.46. The molecule has 5 heteroatoms. The van der Waals surface area contributed by atoms with E-state index >= 15 is 0 Å². The van der Waals surface area contributed by atoms with E-state index in [0.29, 0.717) is 0 Å². The van der Waals surface area contributed by atoms with Gasteiger partial charge in [0.2, 0.25) is 0 Å². The number of nitrogen functional groups attached to an aromatic ring is 2. The van der Waals surface area contributed by atoms with Crippen molar-refractivity contribution < 1.29 is 9.18 Å². The molecule has 0 fully saturated rings. The summed E-state index contributed by atoms with van der Waals surface area (Å²) in [4.78, 5) is 10.8. The van der Waals surface area contributed by atoms with Gasteiger partial charge in [0.1, 0.15) is 5.82 Å². The van der Waals surface area contributed by atoms with Crippen LogP contribution in [0.4, 0.5) is 10.1 Å². The largest absolute Gasteiger partial charge is 0.399 e. The third-order valence-corrected chi connectivity index (χ3v) is 1.37. The Kier molecular flexibility index (Phi) is 2.25. The van der Waals surface area contributed by atoms with E-state index < -0.39 is 11.7 Å². The molecule has 0 saturated heterocycles. The van der Waals surface area contributed by atoms with Gasteiger partial charge in [0.15, 0.2) is 0 Å². The number of hydrogen-bond donors (Lipinski definition) is 3. The number of benzene rings is 1. The summed E-state index contributed by atoms with van der Waals surface area (Å²) < 4.78 is 12.9. The van der Waals surface area contributed by atoms with E-state index in [0.717, 1.165) is 6.07 Å². The number of nitrogens with two attached hydrogens (primary N) is 2. The van der Waals surface area contributed by atoms with E-state index in [1.165, 1.54) is 12.1 Å². The number of hydrazine groups is 1. The van der Waals surface area contributed by atoms with Crippen molar-refractivity contribution in [2.24, 2.45) is 5.84 Å². The molecule has 0 aliphatic carbocycles. The van der Waals surface area contributed by atoms with Crippen molar-refractivity contribution in [3.8, 4) is 0 Å². The molecular formula is C7H8FN3O. The molecule has 0 saturated carbocycles. The van der Waals surface area contributed by atoms with Gasteiger partial charge in [-0.15, -0.1) is 0 Å². The molecule has 0 heterocycles. The molecule has 1 aromatic carbocycles. The van der Waals surface area contributed by atoms with Gasteiger partial charge < -0.3 is 5.73 Å². The molecule has 1 rings (SSSR count). The topological polar surface area (TPSA) is 81.1 Å². The Morgan fingerprint density at radius 2 is 2.17 bits per heavy atom. The van der Waals surface area contributed by atoms with Gasteiger partial charge in [0.05, 0.1) is 5.56 Å². The normalized spacial score (nSPS) is 9.50. The lowest BCUT2D eigenvalue weighted by molar-refractivity contribution is 0.0949. The smallest absolute Gasteiger partial charge is 0.268 e. The van der Waals surface area contributed by atoms with Crippen LogP contribution in [0.2, 0.25) is 0 Å². The lowest BCUT2D eigenvalue weighted by Crippen LogP contribution is -2.30. The molecule has 0 atom stereocenters. The quantitative estimate of drug-likeness (QED) is 0.240. The number of carbonyl (C=O) groups is 1. The number of amides is 1. The summed E-state index contributed by atoms with van der Waals surface area (Å²) >= 11 is 0. The Hall–Kier alpha value is -1.62. The lowest BCUT2D eigenvalue weighted by atomic mass is 10.2. The van der Waals surface area contributed by atoms with Gasteiger partial charge in [-0.2, -0.15) is 0 Å². The molecule has 0 radical (unpaired) electrons. The molecule has 0 aromatic heterocycles. The first-order valence-corrected chi connectivity index (χ1v) is 3.21. The molecule has 1 amide bonds. The molecule has 5 N–H and O–H groups in total. The van der Waals surface area contributed by atoms with Crippen LogP contribution in [0.15, 0.2) is 18.2 Å². The Morgan fingerprint density at radius 1 is 1.50 bits per heavy atom. The highest BCUT2D eigenvalue weighted by Crippen LogP contribution is 2.10. The van der Waals surface area contributed by atoms with E-state index in [1.807, 2.05) is 5.43 Å². The average molecular weight is 169 g/mol. The van der Waals surface area contributed by atoms with Gasteiger partial charge in [-0.1, -0.05) is 0 Å². The number of halogens is 1. The van der Waals surface area contributed by atoms with Gasteiger partial charge in [0.25, 0.3) is 5.91 Å². The van der Waals surface area contributed by atoms with Crippen molar-refractivity contribution in [3.05, 3.63) is 29.6 Å². The minimum atomic E-state index is -0.682. The zero-order valence-corrected chi connectivity index (χ0v) is 6.17. The summed E-state index contributed by atoms with van der Waals surface area (Å²) in [7, 11) is 0. The van der Waals surface area contributed by atoms with Crippen LogP contribution in [-0.4, -0.2) is 5.91 Å². The summed E-state index contributed by atoms with van der Waals surface area (Å²) in [6.07, 6.45) is 0. The van der Waals surface area contributed by atoms with E-state index in [2.05, 4.69) is 0 Å². The highest BCUT2D eigenvalue weighted by Gasteiger charge is 2.09. The van der Waals surface area contributed by atoms with Crippen LogP contribution in [0.3, 0.4) is 0 Å². The summed E-state index contributed by atoms with van der Waals surface area (Å²) in [5.41, 5.74) is 7.23. The van der Waals surface area contributed by atoms with E-state index in [1.54, 1.807) is 0 Å². The number of anilines is 1. The van der Waals surface area contributed by atoms with Crippen LogP contribution in [0, 0.1) is 5.82 Å². The third kappa shape index (κ3) is 1.51. The Bertz CT molecular complexity index is 314. The maximum atomic E-state index is 12.9. The number of nitrogens with one attached hydrogen (secondary N) is 1. The fourth-order valence-electron chi connectivity index (χ4n) is 0.793. The molecule has 1 aromatic rings. The van der Waals surface area contributed by atoms with Gasteiger partial charge >= 0.3 is 0 Å². The minimum absolute atomic E-state index is 0.119. The van der Waals surface area contributed by atoms with Crippen LogP contribution in [0.1, 0.15) is 10.4 Å². The molecule has 64 valence electrons. The lowest BCUT2D eigenvalue weighted by Gasteiger charge is -2.01. The fraction of sp³-hybridized carbons (Fsp3) is 0. The first-order valence-electron chi connectivity index (χ1n) is 3.21. The minimum Gasteiger partial charge on any atom is -0.399 e. The predicted molar refractivity (Wildman–Crippen MR) is 42.5 cm³/mol. The first kappa shape index (κ1) is 8.48. The van der Waals surface area contributed by atoms with Gasteiger partial charge in [-0.3, -0.25) is 10.2 Å². The van der Waals surface area contributed by atoms with Crippen molar-refractivity contribution in [1.82, 2.24) is 5.43 Å². The molecule has 0 aliphatic heterocycles. The molecule has 0 unspecified atom stereocenters. The van der Waals surface area contributed by atoms with Crippen LogP contribution in [0.25, 0.3) is 0 Å². The molecule has 0 bridgehead atoms. The fourth-order valence-corrected chi connectivity index (χ4v) is 0.793. The van der Waals surface area contributed by atoms with Crippen molar-refractivity contribution in [1.29, 1.82) is 0 Å². The molecule has 12 heavy (non-hydrogen) atoms. The SMILES string of the molecule is NNC(=O)c1ccc(N)cc1F. The summed E-state index contributed by atoms with van der Waals surface area (Å²) in [5, 5.41) is 0. The standard InChI is InChI=1S/C7H8FN3O/c8-6-3-4(9)1-2-5(6)7(12)11-10/h1-3H,9-10H2,(H,11,12). The molecular weight excluding hydrogens is 161 g/mol. The Balaban J connectivity index is 3.09. The zero-order valence-electron chi connectivity index (χ0n) is 6.17. The van der Waals surface area contributed by atoms with Crippen molar-refractivity contribution in [2.75, 3.05) is 5.73 Å². The molecule has 4 nitrogen and oxygen atoms in total. The maximum Gasteiger partial charge on any atom is 0.268 e. The monoisotopic (exact) mass is 169 g/mol. The summed E-state index contributed by atoms with van der Waals surface area (Å²) in [6.45, 7) is 0. The maximum absolute atomic E-state index is 12.9. The van der Waals surface area contributed by atoms with Crippen LogP contribution < -0.4 is 17.0 Å². The average Bonchev–Trinajstić information content (AvgIpc) is 2.03. The Labute approximate surface area is 68.3 Å². The third-order valence-electron chi connectivity index (χ3n) is 1.37. The van der Waals surface area contributed by atoms with Crippen molar-refractivity contribution in [3.63, 3.8) is 0 Å². The van der Waals surface area contributed by atoms with Crippen molar-refractivity contribution in [2.45, 2.75) is 0 Å². The highest BCUT2D eigenvalue weighted by molar-refractivity contribution is 5.94. The number of carbonyl (C=O) groups excluding carboxylic acids is 1. The molecule has 0 aliphatic rings. The van der Waals surface area contributed by atoms with Gasteiger partial charge in [-0.05, 0) is 18.2 Å². The second-order valence-corrected chi connectivity index (χ2v) is 2.21. The van der Waals surface area contributed by atoms with Crippen LogP contribution in [0.5, 0.6) is 0 Å². The molecule has 0 spiro atoms. The van der Waals surface area contributed by atoms with E-state index in [-0.39, 0.29) is 11.3 Å². The zero-order chi connectivity index (χ0) is 9.14. The summed E-state index contributed by atoms with van der Waals surface area (Å²) in [6, 6.07) is 3.76. The van der Waals surface area contributed by atoms with Gasteiger partial charge in [-0.25, -0.2) is 10.2 Å². The highest BCUT2D eigenvalue weighted by atomic mass is 19.1. The van der Waals surface area contributed by atoms with Crippen LogP contribution in [-0.2, 0) is 0 Å². The van der Waals surface area contributed by atoms with E-state index in [9.17, 15) is 9.18 Å². The van der Waals surface area contributed by atoms with Crippen LogP contribution >= 0.6 is 0 Å². The predicted octanol–water partition coefficient (Wildman–Crippen LogP) is 0.0114. The van der Waals surface area contributed by atoms with Crippen molar-refractivity contribution >= 4 is 11.6 Å². The second kappa shape index (κ2) is 3.19. The first-order chi connectivity index (χ1) is 5.65. The number of hydrogen-bond acceptors (Lipinski definition) is 3. The Morgan fingerprint density at radius 3 is 2.67 bits per heavy atom. The second-order valence-electron chi connectivity index (χ2n) is 2.21. The van der Waals surface area contributed by atoms with Gasteiger partial charge in [0, 0.05) is 5.69 Å².